The van der Waals surface area contributed by atoms with Crippen molar-refractivity contribution in [1.82, 2.24) is 0 Å². The average Bonchev–Trinajstić information content (AvgIpc) is 1.25. The lowest BCUT2D eigenvalue weighted by Gasteiger charge is -2.11. The van der Waals surface area contributed by atoms with Gasteiger partial charge in [0.15, 0.2) is 0 Å². The number of hydrogen-bond donors (Lipinski definition) is 1. The van der Waals surface area contributed by atoms with Gasteiger partial charge in [0.1, 0.15) is 0 Å². The summed E-state index contributed by atoms with van der Waals surface area (Å²) in [7, 11) is 0. The normalized spacial score (nSPS) is 8.77. The van der Waals surface area contributed by atoms with Crippen LogP contribution in [0.15, 0.2) is 0 Å². The zero-order chi connectivity index (χ0) is 7.00. The van der Waals surface area contributed by atoms with Gasteiger partial charge in [-0.05, 0) is 0 Å². The van der Waals surface area contributed by atoms with Crippen molar-refractivity contribution < 1.29 is 45.5 Å². The molecule has 0 saturated carbocycles. The summed E-state index contributed by atoms with van der Waals surface area (Å²) in [5.74, 6) is 0. The first-order chi connectivity index (χ1) is 3.25. The number of halogens is 10. The zero-order valence-corrected chi connectivity index (χ0v) is 6.27. The van der Waals surface area contributed by atoms with Crippen LogP contribution < -0.4 is 0 Å². The van der Waals surface area contributed by atoms with Crippen molar-refractivity contribution in [2.45, 2.75) is 11.4 Å². The molecule has 0 fully saturated rings. The molecule has 0 aliphatic rings. The van der Waals surface area contributed by atoms with Crippen molar-refractivity contribution >= 4 is 12.6 Å². The Morgan fingerprint density at radius 1 is 0.615 bits per heavy atom. The first-order valence-corrected chi connectivity index (χ1v) is 1.87. The van der Waals surface area contributed by atoms with Crippen LogP contribution >= 0.6 is 12.6 Å². The molecular formula is C2H6F10S. The van der Waals surface area contributed by atoms with Crippen molar-refractivity contribution in [1.29, 1.82) is 0 Å². The topological polar surface area (TPSA) is 0 Å². The fourth-order valence-corrected chi connectivity index (χ4v) is 0. The summed E-state index contributed by atoms with van der Waals surface area (Å²) in [5.41, 5.74) is 0. The van der Waals surface area contributed by atoms with E-state index in [0.717, 1.165) is 0 Å². The first-order valence-electron chi connectivity index (χ1n) is 1.42. The summed E-state index contributed by atoms with van der Waals surface area (Å²) >= 11 is 1.98. The minimum absolute atomic E-state index is 0. The molecule has 0 amide bonds. The monoisotopic (exact) mass is 252 g/mol. The molecule has 0 bridgehead atoms. The van der Waals surface area contributed by atoms with Crippen LogP contribution in [0.4, 0.5) is 45.5 Å². The maximum atomic E-state index is 11.0. The Kier molecular flexibility index (Phi) is 29.1. The third-order valence-electron chi connectivity index (χ3n) is 0.341. The van der Waals surface area contributed by atoms with Crippen LogP contribution in [-0.2, 0) is 0 Å². The second-order valence-corrected chi connectivity index (χ2v) is 1.60. The predicted octanol–water partition coefficient (Wildman–Crippen LogP) is 2.83. The Labute approximate surface area is 70.7 Å². The van der Waals surface area contributed by atoms with Crippen LogP contribution in [0.1, 0.15) is 0 Å². The van der Waals surface area contributed by atoms with Gasteiger partial charge in [0.05, 0.1) is 0 Å². The van der Waals surface area contributed by atoms with Crippen LogP contribution in [0.3, 0.4) is 0 Å². The van der Waals surface area contributed by atoms with Crippen LogP contribution in [0.2, 0.25) is 0 Å². The Morgan fingerprint density at radius 3 is 0.692 bits per heavy atom. The van der Waals surface area contributed by atoms with E-state index in [0.29, 0.717) is 0 Å². The summed E-state index contributed by atoms with van der Waals surface area (Å²) in [6.45, 7) is 0. The Hall–Kier alpha value is -0.350. The lowest BCUT2D eigenvalue weighted by Crippen LogP contribution is -2.29. The van der Waals surface area contributed by atoms with Gasteiger partial charge in [-0.15, -0.1) is 0 Å². The maximum Gasteiger partial charge on any atom is 0.463 e. The molecule has 0 rings (SSSR count). The second kappa shape index (κ2) is 9.74. The molecule has 0 aromatic carbocycles. The molecular weight excluding hydrogens is 246 g/mol. The molecule has 0 spiro atoms. The van der Waals surface area contributed by atoms with E-state index in [4.69, 9.17) is 0 Å². The molecule has 0 aliphatic carbocycles. The zero-order valence-electron chi connectivity index (χ0n) is 5.38. The number of rotatable bonds is 0. The number of alkyl halides is 5. The van der Waals surface area contributed by atoms with Crippen LogP contribution in [0, 0.1) is 0 Å². The highest BCUT2D eigenvalue weighted by atomic mass is 32.1. The molecule has 0 unspecified atom stereocenters. The van der Waals surface area contributed by atoms with Crippen LogP contribution in [-0.4, -0.2) is 11.4 Å². The third kappa shape index (κ3) is 14.5. The highest BCUT2D eigenvalue weighted by Crippen LogP contribution is 2.37. The summed E-state index contributed by atoms with van der Waals surface area (Å²) in [6, 6.07) is 0. The van der Waals surface area contributed by atoms with Crippen molar-refractivity contribution in [2.24, 2.45) is 0 Å². The summed E-state index contributed by atoms with van der Waals surface area (Å²) < 4.78 is 54.1. The highest BCUT2D eigenvalue weighted by Gasteiger charge is 2.54. The van der Waals surface area contributed by atoms with Gasteiger partial charge in [-0.3, -0.25) is 23.5 Å². The van der Waals surface area contributed by atoms with Crippen molar-refractivity contribution in [3.8, 4) is 0 Å². The molecule has 13 heavy (non-hydrogen) atoms. The van der Waals surface area contributed by atoms with Crippen molar-refractivity contribution in [2.75, 3.05) is 0 Å². The van der Waals surface area contributed by atoms with E-state index in [-0.39, 0.29) is 23.5 Å². The highest BCUT2D eigenvalue weighted by molar-refractivity contribution is 7.81. The Morgan fingerprint density at radius 2 is 0.692 bits per heavy atom. The van der Waals surface area contributed by atoms with Gasteiger partial charge in [0.25, 0.3) is 0 Å². The number of hydrogen-bond acceptors (Lipinski definition) is 1. The van der Waals surface area contributed by atoms with E-state index in [1.54, 1.807) is 0 Å². The molecule has 11 heteroatoms. The lowest BCUT2D eigenvalue weighted by molar-refractivity contribution is -0.236. The summed E-state index contributed by atoms with van der Waals surface area (Å²) in [5, 5.41) is -4.87. The van der Waals surface area contributed by atoms with Gasteiger partial charge in [-0.2, -0.15) is 22.0 Å². The first kappa shape index (κ1) is 38.8. The molecule has 0 heterocycles. The van der Waals surface area contributed by atoms with Gasteiger partial charge < -0.3 is 0 Å². The van der Waals surface area contributed by atoms with Gasteiger partial charge in [0, 0.05) is 0 Å². The molecule has 0 aliphatic heterocycles. The largest absolute Gasteiger partial charge is 0.463 e. The fraction of sp³-hybridized carbons (Fsp3) is 1.00. The Bertz CT molecular complexity index is 67.9. The molecule has 0 aromatic rings. The molecule has 0 aromatic heterocycles. The molecule has 0 saturated heterocycles. The van der Waals surface area contributed by atoms with Crippen molar-refractivity contribution in [3.05, 3.63) is 0 Å². The standard InChI is InChI=1S/C2HF5S.5FH/c3-1(4,5)2(6,7)8;;;;;/h8H;5*1H. The fourth-order valence-electron chi connectivity index (χ4n) is 0. The minimum atomic E-state index is -5.53. The van der Waals surface area contributed by atoms with E-state index < -0.39 is 11.4 Å². The van der Waals surface area contributed by atoms with Gasteiger partial charge in [-0.1, -0.05) is 12.6 Å². The Balaban J connectivity index is -0.0000000245. The van der Waals surface area contributed by atoms with E-state index in [1.807, 2.05) is 12.6 Å². The lowest BCUT2D eigenvalue weighted by atomic mass is 10.7. The van der Waals surface area contributed by atoms with E-state index >= 15 is 0 Å². The molecule has 0 radical (unpaired) electrons. The maximum absolute atomic E-state index is 11.0. The minimum Gasteiger partial charge on any atom is -0.269 e. The third-order valence-corrected chi connectivity index (χ3v) is 0.595. The summed E-state index contributed by atoms with van der Waals surface area (Å²) in [4.78, 5) is 0. The number of thiol groups is 1. The van der Waals surface area contributed by atoms with Gasteiger partial charge in [-0.25, -0.2) is 0 Å². The summed E-state index contributed by atoms with van der Waals surface area (Å²) in [6.07, 6.45) is -5.53. The van der Waals surface area contributed by atoms with Gasteiger partial charge >= 0.3 is 11.4 Å². The molecule has 90 valence electrons. The predicted molar refractivity (Wildman–Crippen MR) is 32.5 cm³/mol. The molecule has 0 atom stereocenters. The van der Waals surface area contributed by atoms with E-state index in [9.17, 15) is 22.0 Å². The average molecular weight is 252 g/mol. The van der Waals surface area contributed by atoms with Gasteiger partial charge in [0.2, 0.25) is 0 Å². The second-order valence-electron chi connectivity index (χ2n) is 1.04. The van der Waals surface area contributed by atoms with E-state index in [1.165, 1.54) is 0 Å². The SMILES string of the molecule is F.F.F.F.F.FC(F)(F)C(F)(F)S. The quantitative estimate of drug-likeness (QED) is 0.497. The van der Waals surface area contributed by atoms with Crippen LogP contribution in [0.25, 0.3) is 0 Å². The molecule has 0 N–H and O–H groups in total. The van der Waals surface area contributed by atoms with Crippen LogP contribution in [0.5, 0.6) is 0 Å². The van der Waals surface area contributed by atoms with Crippen molar-refractivity contribution in [3.63, 3.8) is 0 Å². The van der Waals surface area contributed by atoms with E-state index in [2.05, 4.69) is 0 Å². The molecule has 0 nitrogen and oxygen atoms in total. The smallest absolute Gasteiger partial charge is 0.269 e.